The van der Waals surface area contributed by atoms with Crippen molar-refractivity contribution in [2.24, 2.45) is 5.92 Å². The number of aromatic nitrogens is 2. The monoisotopic (exact) mass is 341 g/mol. The fraction of sp³-hybridized carbons (Fsp3) is 0.467. The van der Waals surface area contributed by atoms with Crippen molar-refractivity contribution in [3.05, 3.63) is 44.9 Å². The van der Waals surface area contributed by atoms with Crippen molar-refractivity contribution in [3.8, 4) is 0 Å². The Labute approximate surface area is 134 Å². The molecule has 0 spiro atoms. The van der Waals surface area contributed by atoms with Gasteiger partial charge in [0.1, 0.15) is 0 Å². The van der Waals surface area contributed by atoms with Crippen molar-refractivity contribution < 1.29 is 18.1 Å². The van der Waals surface area contributed by atoms with Crippen LogP contribution in [0.4, 0.5) is 18.9 Å². The van der Waals surface area contributed by atoms with Gasteiger partial charge in [-0.1, -0.05) is 0 Å². The maximum atomic E-state index is 12.7. The van der Waals surface area contributed by atoms with Crippen molar-refractivity contribution >= 4 is 16.5 Å². The van der Waals surface area contributed by atoms with Gasteiger partial charge in [0.15, 0.2) is 0 Å². The minimum absolute atomic E-state index is 0.0464. The third-order valence-corrected chi connectivity index (χ3v) is 4.51. The number of non-ortho nitro benzene ring substituents is 1. The van der Waals surface area contributed by atoms with E-state index in [1.54, 1.807) is 0 Å². The van der Waals surface area contributed by atoms with E-state index in [9.17, 15) is 28.1 Å². The molecule has 0 unspecified atom stereocenters. The molecule has 0 atom stereocenters. The number of alkyl halides is 3. The van der Waals surface area contributed by atoms with Crippen LogP contribution in [0.5, 0.6) is 0 Å². The Balaban J connectivity index is 1.92. The standard InChI is InChI=1S/C15H14F3N3O3/c16-15(17,18)10-2-5-11(6-3-10)20-14(22)13-7-12(21(23)24)4-1-9(13)8-19-20/h1,4,7-8,10-11H,2-3,5-6H2. The number of nitro groups is 1. The third-order valence-electron chi connectivity index (χ3n) is 4.51. The molecule has 6 nitrogen and oxygen atoms in total. The van der Waals surface area contributed by atoms with E-state index in [2.05, 4.69) is 5.10 Å². The fourth-order valence-corrected chi connectivity index (χ4v) is 3.16. The summed E-state index contributed by atoms with van der Waals surface area (Å²) in [6.45, 7) is 0. The largest absolute Gasteiger partial charge is 0.391 e. The Morgan fingerprint density at radius 1 is 1.21 bits per heavy atom. The van der Waals surface area contributed by atoms with Crippen LogP contribution in [-0.2, 0) is 0 Å². The number of nitrogens with zero attached hydrogens (tertiary/aromatic N) is 3. The van der Waals surface area contributed by atoms with E-state index in [1.165, 1.54) is 29.1 Å². The van der Waals surface area contributed by atoms with Crippen LogP contribution in [-0.4, -0.2) is 20.9 Å². The first-order valence-corrected chi connectivity index (χ1v) is 7.50. The average Bonchev–Trinajstić information content (AvgIpc) is 2.54. The first kappa shape index (κ1) is 16.4. The minimum atomic E-state index is -4.21. The van der Waals surface area contributed by atoms with Crippen LogP contribution in [0.25, 0.3) is 10.8 Å². The number of fused-ring (bicyclic) bond motifs is 1. The zero-order chi connectivity index (χ0) is 17.5. The topological polar surface area (TPSA) is 78.0 Å². The number of hydrogen-bond donors (Lipinski definition) is 0. The first-order chi connectivity index (χ1) is 11.3. The van der Waals surface area contributed by atoms with E-state index >= 15 is 0 Å². The van der Waals surface area contributed by atoms with Gasteiger partial charge in [0.2, 0.25) is 0 Å². The average molecular weight is 341 g/mol. The van der Waals surface area contributed by atoms with Gasteiger partial charge in [0.05, 0.1) is 28.5 Å². The van der Waals surface area contributed by atoms with Crippen LogP contribution >= 0.6 is 0 Å². The Bertz CT molecular complexity index is 839. The third kappa shape index (κ3) is 2.98. The molecule has 0 aliphatic heterocycles. The maximum Gasteiger partial charge on any atom is 0.391 e. The molecule has 1 heterocycles. The molecule has 0 amide bonds. The molecule has 1 aliphatic carbocycles. The van der Waals surface area contributed by atoms with Crippen molar-refractivity contribution in [1.82, 2.24) is 9.78 Å². The molecule has 0 radical (unpaired) electrons. The fourth-order valence-electron chi connectivity index (χ4n) is 3.16. The highest BCUT2D eigenvalue weighted by molar-refractivity contribution is 5.82. The second-order valence-electron chi connectivity index (χ2n) is 5.97. The molecule has 1 aromatic carbocycles. The molecule has 1 saturated carbocycles. The van der Waals surface area contributed by atoms with Crippen LogP contribution in [0.1, 0.15) is 31.7 Å². The van der Waals surface area contributed by atoms with E-state index in [-0.39, 0.29) is 36.8 Å². The van der Waals surface area contributed by atoms with E-state index in [0.29, 0.717) is 5.39 Å². The quantitative estimate of drug-likeness (QED) is 0.618. The van der Waals surface area contributed by atoms with Gasteiger partial charge in [-0.25, -0.2) is 4.68 Å². The van der Waals surface area contributed by atoms with Crippen LogP contribution < -0.4 is 5.56 Å². The summed E-state index contributed by atoms with van der Waals surface area (Å²) >= 11 is 0. The van der Waals surface area contributed by atoms with Gasteiger partial charge in [-0.3, -0.25) is 14.9 Å². The molecule has 1 fully saturated rings. The Morgan fingerprint density at radius 2 is 1.88 bits per heavy atom. The van der Waals surface area contributed by atoms with Gasteiger partial charge >= 0.3 is 6.18 Å². The summed E-state index contributed by atoms with van der Waals surface area (Å²) in [7, 11) is 0. The molecule has 24 heavy (non-hydrogen) atoms. The summed E-state index contributed by atoms with van der Waals surface area (Å²) in [5.41, 5.74) is -0.718. The summed E-state index contributed by atoms with van der Waals surface area (Å²) in [5, 5.41) is 15.5. The highest BCUT2D eigenvalue weighted by Gasteiger charge is 2.41. The normalized spacial score (nSPS) is 21.8. The molecular formula is C15H14F3N3O3. The maximum absolute atomic E-state index is 12.7. The molecule has 2 aromatic rings. The van der Waals surface area contributed by atoms with Crippen molar-refractivity contribution in [2.75, 3.05) is 0 Å². The molecule has 1 aliphatic rings. The lowest BCUT2D eigenvalue weighted by atomic mass is 9.85. The summed E-state index contributed by atoms with van der Waals surface area (Å²) in [4.78, 5) is 22.8. The lowest BCUT2D eigenvalue weighted by Crippen LogP contribution is -2.33. The number of rotatable bonds is 2. The molecule has 3 rings (SSSR count). The van der Waals surface area contributed by atoms with Gasteiger partial charge in [0.25, 0.3) is 11.2 Å². The zero-order valence-corrected chi connectivity index (χ0v) is 12.5. The van der Waals surface area contributed by atoms with Gasteiger partial charge in [0, 0.05) is 17.5 Å². The van der Waals surface area contributed by atoms with Gasteiger partial charge in [-0.05, 0) is 31.7 Å². The van der Waals surface area contributed by atoms with Crippen molar-refractivity contribution in [3.63, 3.8) is 0 Å². The predicted octanol–water partition coefficient (Wildman–Crippen LogP) is 3.60. The molecule has 0 bridgehead atoms. The number of halogens is 3. The number of hydrogen-bond acceptors (Lipinski definition) is 4. The summed E-state index contributed by atoms with van der Waals surface area (Å²) in [6, 6.07) is 3.48. The predicted molar refractivity (Wildman–Crippen MR) is 79.7 cm³/mol. The Morgan fingerprint density at radius 3 is 2.46 bits per heavy atom. The molecule has 1 aromatic heterocycles. The first-order valence-electron chi connectivity index (χ1n) is 7.50. The smallest absolute Gasteiger partial charge is 0.267 e. The summed E-state index contributed by atoms with van der Waals surface area (Å²) in [6.07, 6.45) is -2.48. The highest BCUT2D eigenvalue weighted by atomic mass is 19.4. The van der Waals surface area contributed by atoms with E-state index < -0.39 is 28.6 Å². The highest BCUT2D eigenvalue weighted by Crippen LogP contribution is 2.40. The molecule has 0 N–H and O–H groups in total. The summed E-state index contributed by atoms with van der Waals surface area (Å²) in [5.74, 6) is -1.34. The van der Waals surface area contributed by atoms with Crippen LogP contribution in [0.3, 0.4) is 0 Å². The second-order valence-corrected chi connectivity index (χ2v) is 5.97. The zero-order valence-electron chi connectivity index (χ0n) is 12.5. The van der Waals surface area contributed by atoms with E-state index in [4.69, 9.17) is 0 Å². The van der Waals surface area contributed by atoms with Gasteiger partial charge in [-0.2, -0.15) is 18.3 Å². The molecule has 0 saturated heterocycles. The van der Waals surface area contributed by atoms with Crippen molar-refractivity contribution in [2.45, 2.75) is 37.9 Å². The lowest BCUT2D eigenvalue weighted by Gasteiger charge is -2.30. The molecule has 9 heteroatoms. The SMILES string of the molecule is O=c1c2cc([N+](=O)[O-])ccc2cnn1C1CCC(C(F)(F)F)CC1. The molecular weight excluding hydrogens is 327 g/mol. The second kappa shape index (κ2) is 5.88. The minimum Gasteiger partial charge on any atom is -0.267 e. The van der Waals surface area contributed by atoms with Crippen LogP contribution in [0.2, 0.25) is 0 Å². The Hall–Kier alpha value is -2.45. The number of nitro benzene ring substituents is 1. The van der Waals surface area contributed by atoms with Gasteiger partial charge < -0.3 is 0 Å². The molecule has 128 valence electrons. The van der Waals surface area contributed by atoms with Crippen molar-refractivity contribution in [1.29, 1.82) is 0 Å². The lowest BCUT2D eigenvalue weighted by molar-refractivity contribution is -0.384. The Kier molecular flexibility index (Phi) is 4.02. The van der Waals surface area contributed by atoms with E-state index in [0.717, 1.165) is 0 Å². The number of benzene rings is 1. The van der Waals surface area contributed by atoms with Crippen LogP contribution in [0.15, 0.2) is 29.2 Å². The summed E-state index contributed by atoms with van der Waals surface area (Å²) < 4.78 is 39.4. The van der Waals surface area contributed by atoms with Gasteiger partial charge in [-0.15, -0.1) is 0 Å². The van der Waals surface area contributed by atoms with Crippen LogP contribution in [0, 0.1) is 16.0 Å². The van der Waals surface area contributed by atoms with E-state index in [1.807, 2.05) is 0 Å².